The second-order valence-corrected chi connectivity index (χ2v) is 7.33. The Balaban J connectivity index is 2.14. The third kappa shape index (κ3) is 4.60. The zero-order valence-electron chi connectivity index (χ0n) is 14.6. The van der Waals surface area contributed by atoms with Crippen molar-refractivity contribution in [2.24, 2.45) is 5.92 Å². The molecule has 2 rings (SSSR count). The fraction of sp³-hybridized carbons (Fsp3) is 0.500. The molecule has 0 bridgehead atoms. The summed E-state index contributed by atoms with van der Waals surface area (Å²) in [6, 6.07) is 5.66. The van der Waals surface area contributed by atoms with Gasteiger partial charge in [0.1, 0.15) is 12.1 Å². The second-order valence-electron chi connectivity index (χ2n) is 6.41. The third-order valence-corrected chi connectivity index (χ3v) is 4.86. The number of likely N-dealkylation sites (tertiary alicyclic amines) is 1. The zero-order chi connectivity index (χ0) is 18.6. The van der Waals surface area contributed by atoms with Crippen LogP contribution in [-0.2, 0) is 14.3 Å². The smallest absolute Gasteiger partial charge is 0.328 e. The number of ether oxygens (including phenoxy) is 1. The molecule has 25 heavy (non-hydrogen) atoms. The molecule has 1 heterocycles. The van der Waals surface area contributed by atoms with Crippen molar-refractivity contribution in [3.8, 4) is 0 Å². The van der Waals surface area contributed by atoms with Gasteiger partial charge in [-0.1, -0.05) is 29.8 Å². The molecule has 0 spiro atoms. The lowest BCUT2D eigenvalue weighted by atomic mass is 10.0. The van der Waals surface area contributed by atoms with E-state index in [0.717, 1.165) is 10.9 Å². The molecule has 6 nitrogen and oxygen atoms in total. The van der Waals surface area contributed by atoms with E-state index in [2.05, 4.69) is 21.2 Å². The van der Waals surface area contributed by atoms with Crippen LogP contribution in [0.4, 0.5) is 0 Å². The number of hydrogen-bond donors (Lipinski definition) is 1. The average Bonchev–Trinajstić information content (AvgIpc) is 3.08. The molecule has 0 unspecified atom stereocenters. The largest absolute Gasteiger partial charge is 0.467 e. The summed E-state index contributed by atoms with van der Waals surface area (Å²) in [5, 5.41) is 2.81. The van der Waals surface area contributed by atoms with Crippen molar-refractivity contribution in [1.82, 2.24) is 10.2 Å². The summed E-state index contributed by atoms with van der Waals surface area (Å²) in [5.41, 5.74) is 0.479. The molecule has 2 atom stereocenters. The van der Waals surface area contributed by atoms with E-state index >= 15 is 0 Å². The maximum Gasteiger partial charge on any atom is 0.328 e. The van der Waals surface area contributed by atoms with E-state index in [9.17, 15) is 14.4 Å². The second kappa shape index (κ2) is 8.47. The fourth-order valence-electron chi connectivity index (χ4n) is 2.93. The number of amides is 2. The molecule has 7 heteroatoms. The van der Waals surface area contributed by atoms with Gasteiger partial charge in [0.25, 0.3) is 5.91 Å². The molecule has 0 radical (unpaired) electrons. The highest BCUT2D eigenvalue weighted by Gasteiger charge is 2.39. The predicted octanol–water partition coefficient (Wildman–Crippen LogP) is 2.37. The van der Waals surface area contributed by atoms with E-state index in [-0.39, 0.29) is 17.7 Å². The van der Waals surface area contributed by atoms with Crippen molar-refractivity contribution < 1.29 is 19.1 Å². The van der Waals surface area contributed by atoms with Crippen LogP contribution in [0.5, 0.6) is 0 Å². The van der Waals surface area contributed by atoms with Crippen molar-refractivity contribution in [2.75, 3.05) is 13.7 Å². The summed E-state index contributed by atoms with van der Waals surface area (Å²) >= 11 is 3.33. The zero-order valence-corrected chi connectivity index (χ0v) is 16.2. The number of esters is 1. The number of halogens is 1. The Bertz CT molecular complexity index is 645. The molecule has 1 aliphatic heterocycles. The number of nitrogens with one attached hydrogen (secondary N) is 1. The topological polar surface area (TPSA) is 75.7 Å². The summed E-state index contributed by atoms with van der Waals surface area (Å²) in [7, 11) is 1.32. The molecule has 0 saturated carbocycles. The summed E-state index contributed by atoms with van der Waals surface area (Å²) < 4.78 is 5.67. The van der Waals surface area contributed by atoms with Crippen LogP contribution in [0.15, 0.2) is 28.7 Å². The van der Waals surface area contributed by atoms with E-state index in [1.807, 2.05) is 13.8 Å². The minimum atomic E-state index is -0.693. The molecule has 0 aliphatic carbocycles. The number of benzene rings is 1. The lowest BCUT2D eigenvalue weighted by Crippen LogP contribution is -2.53. The van der Waals surface area contributed by atoms with Crippen LogP contribution in [0, 0.1) is 5.92 Å². The van der Waals surface area contributed by atoms with E-state index in [4.69, 9.17) is 4.74 Å². The Morgan fingerprint density at radius 3 is 2.44 bits per heavy atom. The number of rotatable bonds is 5. The van der Waals surface area contributed by atoms with Crippen molar-refractivity contribution >= 4 is 33.7 Å². The SMILES string of the molecule is COC(=O)[C@@H]1CCCN1C(=O)[C@@H](NC(=O)c1ccc(Br)cc1)C(C)C. The van der Waals surface area contributed by atoms with Gasteiger partial charge in [-0.15, -0.1) is 0 Å². The Morgan fingerprint density at radius 1 is 1.24 bits per heavy atom. The van der Waals surface area contributed by atoms with Gasteiger partial charge in [-0.25, -0.2) is 4.79 Å². The number of carbonyl (C=O) groups excluding carboxylic acids is 3. The van der Waals surface area contributed by atoms with Crippen LogP contribution in [0.2, 0.25) is 0 Å². The van der Waals surface area contributed by atoms with Gasteiger partial charge in [0.15, 0.2) is 0 Å². The number of hydrogen-bond acceptors (Lipinski definition) is 4. The van der Waals surface area contributed by atoms with E-state index in [1.54, 1.807) is 24.3 Å². The molecule has 0 aromatic heterocycles. The van der Waals surface area contributed by atoms with Crippen molar-refractivity contribution in [3.05, 3.63) is 34.3 Å². The quantitative estimate of drug-likeness (QED) is 0.755. The maximum absolute atomic E-state index is 12.9. The van der Waals surface area contributed by atoms with Crippen LogP contribution >= 0.6 is 15.9 Å². The molecule has 1 aliphatic rings. The van der Waals surface area contributed by atoms with Crippen LogP contribution in [-0.4, -0.2) is 48.4 Å². The molecule has 136 valence electrons. The molecule has 1 aromatic carbocycles. The number of carbonyl (C=O) groups is 3. The van der Waals surface area contributed by atoms with Crippen LogP contribution < -0.4 is 5.32 Å². The third-order valence-electron chi connectivity index (χ3n) is 4.33. The van der Waals surface area contributed by atoms with E-state index in [0.29, 0.717) is 18.5 Å². The summed E-state index contributed by atoms with van der Waals surface area (Å²) in [6.07, 6.45) is 1.33. The highest BCUT2D eigenvalue weighted by atomic mass is 79.9. The van der Waals surface area contributed by atoms with Gasteiger partial charge in [0.2, 0.25) is 5.91 Å². The van der Waals surface area contributed by atoms with Gasteiger partial charge >= 0.3 is 5.97 Å². The van der Waals surface area contributed by atoms with Gasteiger partial charge in [0, 0.05) is 16.6 Å². The van der Waals surface area contributed by atoms with Gasteiger partial charge < -0.3 is 15.0 Å². The summed E-state index contributed by atoms with van der Waals surface area (Å²) in [6.45, 7) is 4.23. The van der Waals surface area contributed by atoms with Gasteiger partial charge in [-0.2, -0.15) is 0 Å². The Labute approximate surface area is 156 Å². The highest BCUT2D eigenvalue weighted by Crippen LogP contribution is 2.21. The summed E-state index contributed by atoms with van der Waals surface area (Å²) in [5.74, 6) is -1.07. The molecular formula is C18H23BrN2O4. The normalized spacial score (nSPS) is 18.1. The Kier molecular flexibility index (Phi) is 6.58. The minimum absolute atomic E-state index is 0.106. The van der Waals surface area contributed by atoms with Gasteiger partial charge in [0.05, 0.1) is 7.11 Å². The molecule has 1 saturated heterocycles. The number of methoxy groups -OCH3 is 1. The molecule has 1 fully saturated rings. The van der Waals surface area contributed by atoms with Crippen LogP contribution in [0.25, 0.3) is 0 Å². The fourth-order valence-corrected chi connectivity index (χ4v) is 3.19. The monoisotopic (exact) mass is 410 g/mol. The number of nitrogens with zero attached hydrogens (tertiary/aromatic N) is 1. The molecule has 1 N–H and O–H groups in total. The van der Waals surface area contributed by atoms with Crippen molar-refractivity contribution in [2.45, 2.75) is 38.8 Å². The molecule has 1 aromatic rings. The van der Waals surface area contributed by atoms with E-state index < -0.39 is 18.1 Å². The Morgan fingerprint density at radius 2 is 1.88 bits per heavy atom. The van der Waals surface area contributed by atoms with Crippen molar-refractivity contribution in [3.63, 3.8) is 0 Å². The molecular weight excluding hydrogens is 388 g/mol. The lowest BCUT2D eigenvalue weighted by molar-refractivity contribution is -0.151. The average molecular weight is 411 g/mol. The standard InChI is InChI=1S/C18H23BrN2O4/c1-11(2)15(20-16(22)12-6-8-13(19)9-7-12)17(23)21-10-4-5-14(21)18(24)25-3/h6-9,11,14-15H,4-5,10H2,1-3H3,(H,20,22)/t14-,15-/m0/s1. The lowest BCUT2D eigenvalue weighted by Gasteiger charge is -2.29. The first-order chi connectivity index (χ1) is 11.8. The van der Waals surface area contributed by atoms with Crippen LogP contribution in [0.1, 0.15) is 37.0 Å². The minimum Gasteiger partial charge on any atom is -0.467 e. The van der Waals surface area contributed by atoms with Gasteiger partial charge in [-0.3, -0.25) is 9.59 Å². The Hall–Kier alpha value is -1.89. The maximum atomic E-state index is 12.9. The van der Waals surface area contributed by atoms with E-state index in [1.165, 1.54) is 12.0 Å². The van der Waals surface area contributed by atoms with Crippen LogP contribution in [0.3, 0.4) is 0 Å². The first kappa shape index (κ1) is 19.4. The van der Waals surface area contributed by atoms with Crippen molar-refractivity contribution in [1.29, 1.82) is 0 Å². The highest BCUT2D eigenvalue weighted by molar-refractivity contribution is 9.10. The predicted molar refractivity (Wildman–Crippen MR) is 97.0 cm³/mol. The first-order valence-corrected chi connectivity index (χ1v) is 9.09. The summed E-state index contributed by atoms with van der Waals surface area (Å²) in [4.78, 5) is 38.8. The molecule has 2 amide bonds. The van der Waals surface area contributed by atoms with Gasteiger partial charge in [-0.05, 0) is 43.0 Å². The first-order valence-electron chi connectivity index (χ1n) is 8.30.